The normalized spacial score (nSPS) is 19.5. The van der Waals surface area contributed by atoms with Crippen molar-refractivity contribution in [2.75, 3.05) is 6.61 Å². The molecule has 0 saturated heterocycles. The minimum absolute atomic E-state index is 0.0474. The summed E-state index contributed by atoms with van der Waals surface area (Å²) in [5.74, 6) is 2.69. The average Bonchev–Trinajstić information content (AvgIpc) is 3.50. The van der Waals surface area contributed by atoms with Crippen molar-refractivity contribution in [2.24, 2.45) is 11.8 Å². The molecule has 212 valence electrons. The highest BCUT2D eigenvalue weighted by molar-refractivity contribution is 6.99. The van der Waals surface area contributed by atoms with Crippen LogP contribution in [0.5, 0.6) is 0 Å². The molecule has 0 bridgehead atoms. The van der Waals surface area contributed by atoms with Gasteiger partial charge in [-0.3, -0.25) is 0 Å². The van der Waals surface area contributed by atoms with Gasteiger partial charge in [-0.05, 0) is 71.2 Å². The Labute approximate surface area is 241 Å². The molecule has 0 unspecified atom stereocenters. The summed E-state index contributed by atoms with van der Waals surface area (Å²) in [6.45, 7) is 14.9. The molecule has 0 aliphatic heterocycles. The van der Waals surface area contributed by atoms with Crippen LogP contribution in [0.2, 0.25) is 23.2 Å². The molecule has 39 heavy (non-hydrogen) atoms. The highest BCUT2D eigenvalue weighted by Crippen LogP contribution is 2.44. The number of allylic oxidation sites excluding steroid dienone is 4. The van der Waals surface area contributed by atoms with Gasteiger partial charge in [-0.25, -0.2) is 0 Å². The molecule has 2 atom stereocenters. The summed E-state index contributed by atoms with van der Waals surface area (Å²) in [5.41, 5.74) is 1.68. The van der Waals surface area contributed by atoms with Crippen LogP contribution in [-0.4, -0.2) is 23.2 Å². The van der Waals surface area contributed by atoms with Gasteiger partial charge in [-0.2, -0.15) is 0 Å². The fourth-order valence-corrected chi connectivity index (χ4v) is 14.3. The van der Waals surface area contributed by atoms with Crippen LogP contribution in [0, 0.1) is 11.8 Å². The van der Waals surface area contributed by atoms with E-state index in [-0.39, 0.29) is 5.04 Å². The van der Waals surface area contributed by atoms with Gasteiger partial charge in [-0.1, -0.05) is 120 Å². The molecule has 0 fully saturated rings. The molecule has 0 aromatic heterocycles. The van der Waals surface area contributed by atoms with Crippen molar-refractivity contribution in [3.8, 4) is 0 Å². The van der Waals surface area contributed by atoms with E-state index in [0.29, 0.717) is 5.92 Å². The molecule has 2 aliphatic carbocycles. The highest BCUT2D eigenvalue weighted by Gasteiger charge is 2.50. The van der Waals surface area contributed by atoms with Crippen LogP contribution in [0.25, 0.3) is 0 Å². The Balaban J connectivity index is 1.31. The van der Waals surface area contributed by atoms with E-state index in [0.717, 1.165) is 25.4 Å². The van der Waals surface area contributed by atoms with E-state index in [2.05, 4.69) is 114 Å². The Morgan fingerprint density at radius 1 is 0.744 bits per heavy atom. The summed E-state index contributed by atoms with van der Waals surface area (Å²) in [6.07, 6.45) is 12.3. The van der Waals surface area contributed by atoms with Gasteiger partial charge in [0, 0.05) is 18.9 Å². The van der Waals surface area contributed by atoms with Gasteiger partial charge in [0.1, 0.15) is 0 Å². The smallest absolute Gasteiger partial charge is 0.261 e. The number of hydrogen-bond acceptors (Lipinski definition) is 2. The average molecular weight is 561 g/mol. The lowest BCUT2D eigenvalue weighted by Gasteiger charge is -2.43. The first-order valence-electron chi connectivity index (χ1n) is 15.6. The van der Waals surface area contributed by atoms with Crippen molar-refractivity contribution >= 4 is 27.0 Å². The quantitative estimate of drug-likeness (QED) is 0.130. The van der Waals surface area contributed by atoms with Gasteiger partial charge in [0.05, 0.1) is 5.76 Å². The third-order valence-electron chi connectivity index (χ3n) is 9.50. The van der Waals surface area contributed by atoms with Crippen LogP contribution in [0.1, 0.15) is 80.1 Å². The van der Waals surface area contributed by atoms with E-state index in [9.17, 15) is 0 Å². The molecule has 4 heteroatoms. The molecule has 4 rings (SSSR count). The zero-order valence-electron chi connectivity index (χ0n) is 25.5. The number of fused-ring (bicyclic) bond motifs is 1. The third-order valence-corrected chi connectivity index (χ3v) is 19.1. The zero-order chi connectivity index (χ0) is 27.9. The molecule has 2 aromatic carbocycles. The SMILES string of the molecule is CC[Si](CC)(CC)OC1=C[C@@H]2C=C(CCCCCO[Si](c3ccccc3)(c3ccccc3)C(C)(C)C)C[C@@H]2C1. The summed E-state index contributed by atoms with van der Waals surface area (Å²) in [5, 5.41) is 2.80. The number of rotatable bonds is 14. The first kappa shape index (κ1) is 30.1. The predicted molar refractivity (Wildman–Crippen MR) is 173 cm³/mol. The topological polar surface area (TPSA) is 18.5 Å². The standard InChI is InChI=1S/C35H52O2Si2/c1-7-38(8-2,9-3)37-32-27-30-25-29(26-31(30)28-32)19-13-12-18-24-36-39(35(4,5)6,33-20-14-10-15-21-33)34-22-16-11-17-23-34/h10-11,14-17,20-23,25,27,30-31H,7-9,12-13,18-19,24,26,28H2,1-6H3/t30-,31+/m0/s1. The Hall–Kier alpha value is -1.89. The van der Waals surface area contributed by atoms with Gasteiger partial charge in [0.15, 0.2) is 0 Å². The maximum absolute atomic E-state index is 7.08. The molecule has 0 saturated carbocycles. The van der Waals surface area contributed by atoms with Gasteiger partial charge < -0.3 is 8.85 Å². The second-order valence-electron chi connectivity index (χ2n) is 12.9. The lowest BCUT2D eigenvalue weighted by Crippen LogP contribution is -2.66. The maximum Gasteiger partial charge on any atom is 0.261 e. The summed E-state index contributed by atoms with van der Waals surface area (Å²) in [4.78, 5) is 0. The second-order valence-corrected chi connectivity index (χ2v) is 21.9. The minimum Gasteiger partial charge on any atom is -0.547 e. The van der Waals surface area contributed by atoms with Crippen molar-refractivity contribution in [1.82, 2.24) is 0 Å². The molecular weight excluding hydrogens is 509 g/mol. The first-order valence-corrected chi connectivity index (χ1v) is 20.0. The molecule has 0 radical (unpaired) electrons. The van der Waals surface area contributed by atoms with Crippen LogP contribution in [-0.2, 0) is 8.85 Å². The van der Waals surface area contributed by atoms with Crippen molar-refractivity contribution < 1.29 is 8.85 Å². The molecule has 2 aliphatic rings. The first-order chi connectivity index (χ1) is 18.8. The lowest BCUT2D eigenvalue weighted by atomic mass is 9.97. The van der Waals surface area contributed by atoms with Crippen LogP contribution < -0.4 is 10.4 Å². The summed E-state index contributed by atoms with van der Waals surface area (Å²) >= 11 is 0. The molecule has 0 amide bonds. The Bertz CT molecular complexity index is 1050. The van der Waals surface area contributed by atoms with Gasteiger partial charge in [-0.15, -0.1) is 0 Å². The van der Waals surface area contributed by atoms with E-state index >= 15 is 0 Å². The highest BCUT2D eigenvalue weighted by atomic mass is 28.4. The Morgan fingerprint density at radius 2 is 1.33 bits per heavy atom. The summed E-state index contributed by atoms with van der Waals surface area (Å²) in [6, 6.07) is 25.7. The van der Waals surface area contributed by atoms with Gasteiger partial charge in [0.2, 0.25) is 8.32 Å². The van der Waals surface area contributed by atoms with Crippen molar-refractivity contribution in [1.29, 1.82) is 0 Å². The molecule has 2 aromatic rings. The Kier molecular flexibility index (Phi) is 10.2. The second kappa shape index (κ2) is 13.2. The van der Waals surface area contributed by atoms with E-state index in [4.69, 9.17) is 8.85 Å². The third kappa shape index (κ3) is 6.71. The Morgan fingerprint density at radius 3 is 1.85 bits per heavy atom. The molecule has 0 spiro atoms. The monoisotopic (exact) mass is 560 g/mol. The van der Waals surface area contributed by atoms with Crippen LogP contribution in [0.15, 0.2) is 84.1 Å². The minimum atomic E-state index is -2.41. The van der Waals surface area contributed by atoms with Gasteiger partial charge in [0.25, 0.3) is 8.32 Å². The van der Waals surface area contributed by atoms with Crippen LogP contribution >= 0.6 is 0 Å². The largest absolute Gasteiger partial charge is 0.547 e. The van der Waals surface area contributed by atoms with Crippen molar-refractivity contribution in [2.45, 2.75) is 103 Å². The van der Waals surface area contributed by atoms with Crippen LogP contribution in [0.4, 0.5) is 0 Å². The fourth-order valence-electron chi connectivity index (χ4n) is 7.01. The summed E-state index contributed by atoms with van der Waals surface area (Å²) in [7, 11) is -3.96. The van der Waals surface area contributed by atoms with E-state index in [1.54, 1.807) is 5.57 Å². The summed E-state index contributed by atoms with van der Waals surface area (Å²) < 4.78 is 13.8. The van der Waals surface area contributed by atoms with E-state index in [1.807, 2.05) is 0 Å². The van der Waals surface area contributed by atoms with Crippen molar-refractivity contribution in [3.05, 3.63) is 84.1 Å². The lowest BCUT2D eigenvalue weighted by molar-refractivity contribution is 0.287. The maximum atomic E-state index is 7.08. The van der Waals surface area contributed by atoms with E-state index < -0.39 is 16.6 Å². The van der Waals surface area contributed by atoms with Crippen LogP contribution in [0.3, 0.4) is 0 Å². The predicted octanol–water partition coefficient (Wildman–Crippen LogP) is 9.00. The molecule has 2 nitrogen and oxygen atoms in total. The molecule has 0 heterocycles. The molecule has 0 N–H and O–H groups in total. The van der Waals surface area contributed by atoms with Gasteiger partial charge >= 0.3 is 0 Å². The van der Waals surface area contributed by atoms with Crippen molar-refractivity contribution in [3.63, 3.8) is 0 Å². The van der Waals surface area contributed by atoms with E-state index in [1.165, 1.54) is 59.9 Å². The fraction of sp³-hybridized carbons (Fsp3) is 0.543. The number of unbranched alkanes of at least 4 members (excludes halogenated alkanes) is 2. The number of hydrogen-bond donors (Lipinski definition) is 0. The number of benzene rings is 2. The zero-order valence-corrected chi connectivity index (χ0v) is 27.5. The molecular formula is C35H52O2Si2.